The standard InChI is InChI=1S/C27H24F3N5O2/c1-2-35-21-10-11-23(32-37)31-26(21)22(16-24(35)36)33-12-14-34(15-13-33)27(17-6-8-18(28)9-7-17)25-19(29)4-3-5-20(25)30/h3-11,16,27H,2,12-15H2,1H3. The number of rotatable bonds is 6. The van der Waals surface area contributed by atoms with Crippen molar-refractivity contribution >= 4 is 22.5 Å². The second-order valence-corrected chi connectivity index (χ2v) is 8.85. The van der Waals surface area contributed by atoms with E-state index < -0.39 is 23.5 Å². The molecule has 190 valence electrons. The Bertz CT molecular complexity index is 1500. The molecule has 0 aliphatic carbocycles. The largest absolute Gasteiger partial charge is 0.367 e. The van der Waals surface area contributed by atoms with Crippen LogP contribution in [0.1, 0.15) is 24.1 Å². The smallest absolute Gasteiger partial charge is 0.253 e. The van der Waals surface area contributed by atoms with Crippen LogP contribution in [0.2, 0.25) is 0 Å². The van der Waals surface area contributed by atoms with Gasteiger partial charge in [-0.3, -0.25) is 9.69 Å². The number of benzene rings is 2. The van der Waals surface area contributed by atoms with E-state index in [1.54, 1.807) is 10.6 Å². The van der Waals surface area contributed by atoms with E-state index in [4.69, 9.17) is 0 Å². The minimum Gasteiger partial charge on any atom is -0.367 e. The summed E-state index contributed by atoms with van der Waals surface area (Å²) in [4.78, 5) is 32.2. The Morgan fingerprint density at radius 1 is 0.946 bits per heavy atom. The van der Waals surface area contributed by atoms with Crippen LogP contribution in [0.5, 0.6) is 0 Å². The van der Waals surface area contributed by atoms with Crippen LogP contribution in [0.4, 0.5) is 24.7 Å². The van der Waals surface area contributed by atoms with Crippen LogP contribution in [-0.4, -0.2) is 40.6 Å². The zero-order valence-corrected chi connectivity index (χ0v) is 20.1. The lowest BCUT2D eigenvalue weighted by Crippen LogP contribution is -2.48. The predicted octanol–water partition coefficient (Wildman–Crippen LogP) is 5.14. The molecule has 1 atom stereocenters. The molecule has 0 saturated carbocycles. The molecule has 37 heavy (non-hydrogen) atoms. The van der Waals surface area contributed by atoms with Gasteiger partial charge in [0.05, 0.1) is 17.2 Å². The summed E-state index contributed by atoms with van der Waals surface area (Å²) in [6.07, 6.45) is 0. The van der Waals surface area contributed by atoms with Crippen molar-refractivity contribution < 1.29 is 13.2 Å². The van der Waals surface area contributed by atoms with Gasteiger partial charge in [0.2, 0.25) is 0 Å². The summed E-state index contributed by atoms with van der Waals surface area (Å²) in [6, 6.07) is 13.2. The number of hydrogen-bond donors (Lipinski definition) is 0. The maximum absolute atomic E-state index is 14.9. The SMILES string of the molecule is CCn1c(=O)cc(N2CCN(C(c3ccc(F)cc3)c3c(F)cccc3F)CC2)c2nc(N=O)ccc21. The summed E-state index contributed by atoms with van der Waals surface area (Å²) in [5.74, 6) is -1.78. The molecule has 7 nitrogen and oxygen atoms in total. The van der Waals surface area contributed by atoms with E-state index >= 15 is 0 Å². The first-order valence-corrected chi connectivity index (χ1v) is 12.0. The first kappa shape index (κ1) is 24.6. The van der Waals surface area contributed by atoms with Crippen LogP contribution in [0, 0.1) is 22.4 Å². The molecule has 5 rings (SSSR count). The lowest BCUT2D eigenvalue weighted by atomic mass is 9.95. The molecule has 0 amide bonds. The highest BCUT2D eigenvalue weighted by Crippen LogP contribution is 2.34. The Hall–Kier alpha value is -4.05. The summed E-state index contributed by atoms with van der Waals surface area (Å²) < 4.78 is 45.0. The maximum atomic E-state index is 14.9. The van der Waals surface area contributed by atoms with Gasteiger partial charge in [0.25, 0.3) is 5.56 Å². The molecule has 1 fully saturated rings. The number of halogens is 3. The molecule has 1 aliphatic rings. The highest BCUT2D eigenvalue weighted by molar-refractivity contribution is 5.89. The van der Waals surface area contributed by atoms with Crippen molar-refractivity contribution in [3.63, 3.8) is 0 Å². The molecule has 1 aliphatic heterocycles. The Morgan fingerprint density at radius 3 is 2.24 bits per heavy atom. The Morgan fingerprint density at radius 2 is 1.62 bits per heavy atom. The van der Waals surface area contributed by atoms with Crippen LogP contribution < -0.4 is 10.5 Å². The van der Waals surface area contributed by atoms with Crippen molar-refractivity contribution in [2.24, 2.45) is 5.18 Å². The molecule has 1 unspecified atom stereocenters. The van der Waals surface area contributed by atoms with Gasteiger partial charge >= 0.3 is 0 Å². The van der Waals surface area contributed by atoms with E-state index in [1.807, 2.05) is 16.7 Å². The molecule has 1 saturated heterocycles. The average Bonchev–Trinajstić information content (AvgIpc) is 2.91. The van der Waals surface area contributed by atoms with E-state index in [-0.39, 0.29) is 16.9 Å². The predicted molar refractivity (Wildman–Crippen MR) is 136 cm³/mol. The number of aryl methyl sites for hydroxylation is 1. The summed E-state index contributed by atoms with van der Waals surface area (Å²) in [7, 11) is 0. The molecule has 0 spiro atoms. The van der Waals surface area contributed by atoms with E-state index in [2.05, 4.69) is 10.2 Å². The summed E-state index contributed by atoms with van der Waals surface area (Å²) >= 11 is 0. The molecular formula is C27H24F3N5O2. The van der Waals surface area contributed by atoms with Gasteiger partial charge in [-0.1, -0.05) is 18.2 Å². The molecule has 10 heteroatoms. The van der Waals surface area contributed by atoms with Crippen LogP contribution >= 0.6 is 0 Å². The summed E-state index contributed by atoms with van der Waals surface area (Å²) in [6.45, 7) is 3.95. The molecule has 0 N–H and O–H groups in total. The normalized spacial score (nSPS) is 15.2. The van der Waals surface area contributed by atoms with Crippen molar-refractivity contribution in [2.75, 3.05) is 31.1 Å². The third kappa shape index (κ3) is 4.60. The Kier molecular flexibility index (Phi) is 6.75. The Balaban J connectivity index is 1.51. The fourth-order valence-electron chi connectivity index (χ4n) is 5.05. The fourth-order valence-corrected chi connectivity index (χ4v) is 5.05. The molecule has 0 bridgehead atoms. The van der Waals surface area contributed by atoms with Crippen molar-refractivity contribution in [3.8, 4) is 0 Å². The molecule has 2 aromatic heterocycles. The van der Waals surface area contributed by atoms with E-state index in [1.165, 1.54) is 54.6 Å². The number of nitroso groups, excluding NO2 is 1. The van der Waals surface area contributed by atoms with Crippen molar-refractivity contribution in [1.82, 2.24) is 14.5 Å². The van der Waals surface area contributed by atoms with Gasteiger partial charge in [0.1, 0.15) is 23.0 Å². The quantitative estimate of drug-likeness (QED) is 0.338. The number of piperazine rings is 1. The van der Waals surface area contributed by atoms with Gasteiger partial charge in [0.15, 0.2) is 5.82 Å². The third-order valence-electron chi connectivity index (χ3n) is 6.81. The first-order valence-electron chi connectivity index (χ1n) is 12.0. The zero-order chi connectivity index (χ0) is 26.1. The number of hydrogen-bond acceptors (Lipinski definition) is 6. The molecule has 3 heterocycles. The van der Waals surface area contributed by atoms with Crippen molar-refractivity contribution in [3.05, 3.63) is 105 Å². The van der Waals surface area contributed by atoms with Gasteiger partial charge in [-0.2, -0.15) is 0 Å². The molecule has 0 radical (unpaired) electrons. The third-order valence-corrected chi connectivity index (χ3v) is 6.81. The zero-order valence-electron chi connectivity index (χ0n) is 20.1. The van der Waals surface area contributed by atoms with Crippen LogP contribution in [0.15, 0.2) is 70.6 Å². The average molecular weight is 508 g/mol. The van der Waals surface area contributed by atoms with E-state index in [0.717, 1.165) is 0 Å². The van der Waals surface area contributed by atoms with Gasteiger partial charge < -0.3 is 9.47 Å². The van der Waals surface area contributed by atoms with Gasteiger partial charge in [-0.25, -0.2) is 18.2 Å². The number of nitrogens with zero attached hydrogens (tertiary/aromatic N) is 5. The van der Waals surface area contributed by atoms with Gasteiger partial charge in [0, 0.05) is 44.4 Å². The molecular weight excluding hydrogens is 483 g/mol. The van der Waals surface area contributed by atoms with E-state index in [9.17, 15) is 22.9 Å². The van der Waals surface area contributed by atoms with Gasteiger partial charge in [-0.15, -0.1) is 4.91 Å². The lowest BCUT2D eigenvalue weighted by Gasteiger charge is -2.41. The lowest BCUT2D eigenvalue weighted by molar-refractivity contribution is 0.205. The second kappa shape index (κ2) is 10.1. The number of anilines is 1. The highest BCUT2D eigenvalue weighted by atomic mass is 19.1. The van der Waals surface area contributed by atoms with E-state index in [0.29, 0.717) is 55.0 Å². The summed E-state index contributed by atoms with van der Waals surface area (Å²) in [5, 5.41) is 2.94. The minimum absolute atomic E-state index is 0.0140. The van der Waals surface area contributed by atoms with Crippen LogP contribution in [-0.2, 0) is 6.54 Å². The van der Waals surface area contributed by atoms with Crippen LogP contribution in [0.3, 0.4) is 0 Å². The number of fused-ring (bicyclic) bond motifs is 1. The Labute approximate surface area is 210 Å². The van der Waals surface area contributed by atoms with Crippen LogP contribution in [0.25, 0.3) is 11.0 Å². The van der Waals surface area contributed by atoms with Gasteiger partial charge in [-0.05, 0) is 54.1 Å². The highest BCUT2D eigenvalue weighted by Gasteiger charge is 2.31. The topological polar surface area (TPSA) is 70.8 Å². The number of aromatic nitrogens is 2. The fraction of sp³-hybridized carbons (Fsp3) is 0.259. The van der Waals surface area contributed by atoms with Crippen molar-refractivity contribution in [2.45, 2.75) is 19.5 Å². The second-order valence-electron chi connectivity index (χ2n) is 8.85. The molecule has 4 aromatic rings. The number of pyridine rings is 2. The summed E-state index contributed by atoms with van der Waals surface area (Å²) in [5.41, 5.74) is 1.93. The first-order chi connectivity index (χ1) is 17.9. The minimum atomic E-state index is -0.766. The maximum Gasteiger partial charge on any atom is 0.253 e. The molecule has 2 aromatic carbocycles. The van der Waals surface area contributed by atoms with Crippen molar-refractivity contribution in [1.29, 1.82) is 0 Å². The monoisotopic (exact) mass is 507 g/mol.